The van der Waals surface area contributed by atoms with E-state index in [1.807, 2.05) is 4.90 Å². The Hall–Kier alpha value is -1.08. The molecule has 0 saturated carbocycles. The van der Waals surface area contributed by atoms with Crippen LogP contribution in [0.1, 0.15) is 23.0 Å². The van der Waals surface area contributed by atoms with Crippen molar-refractivity contribution in [3.05, 3.63) is 10.9 Å². The number of nitrogen functional groups attached to an aromatic ring is 1. The topological polar surface area (TPSA) is 80.5 Å². The van der Waals surface area contributed by atoms with E-state index in [1.165, 1.54) is 11.3 Å². The third kappa shape index (κ3) is 2.67. The zero-order valence-corrected chi connectivity index (χ0v) is 11.8. The summed E-state index contributed by atoms with van der Waals surface area (Å²) in [4.78, 5) is 14.2. The summed E-state index contributed by atoms with van der Waals surface area (Å²) in [7, 11) is -2.88. The van der Waals surface area contributed by atoms with Crippen LogP contribution in [-0.4, -0.2) is 38.8 Å². The summed E-state index contributed by atoms with van der Waals surface area (Å²) in [6.45, 7) is 2.75. The SMILES string of the molecule is CCC(=O)c1sc(N2CCS(=O)(=O)CC2)cc1N. The van der Waals surface area contributed by atoms with Gasteiger partial charge in [0, 0.05) is 19.5 Å². The van der Waals surface area contributed by atoms with E-state index in [2.05, 4.69) is 0 Å². The first-order chi connectivity index (χ1) is 8.43. The van der Waals surface area contributed by atoms with Gasteiger partial charge < -0.3 is 10.6 Å². The molecule has 18 heavy (non-hydrogen) atoms. The quantitative estimate of drug-likeness (QED) is 0.844. The van der Waals surface area contributed by atoms with Crippen LogP contribution in [0.15, 0.2) is 6.07 Å². The minimum absolute atomic E-state index is 0.0355. The van der Waals surface area contributed by atoms with Crippen LogP contribution >= 0.6 is 11.3 Å². The average Bonchev–Trinajstić information content (AvgIpc) is 2.70. The fraction of sp³-hybridized carbons (Fsp3) is 0.545. The molecule has 1 aliphatic heterocycles. The monoisotopic (exact) mass is 288 g/mol. The molecule has 1 aromatic rings. The molecule has 1 fully saturated rings. The normalized spacial score (nSPS) is 18.8. The van der Waals surface area contributed by atoms with E-state index in [1.54, 1.807) is 13.0 Å². The van der Waals surface area contributed by atoms with Gasteiger partial charge in [-0.1, -0.05) is 6.92 Å². The van der Waals surface area contributed by atoms with E-state index in [9.17, 15) is 13.2 Å². The third-order valence-corrected chi connectivity index (χ3v) is 5.84. The van der Waals surface area contributed by atoms with Gasteiger partial charge in [-0.2, -0.15) is 0 Å². The summed E-state index contributed by atoms with van der Waals surface area (Å²) in [5, 5.41) is 0.888. The summed E-state index contributed by atoms with van der Waals surface area (Å²) in [5.41, 5.74) is 6.32. The molecule has 0 atom stereocenters. The minimum atomic E-state index is -2.88. The largest absolute Gasteiger partial charge is 0.397 e. The number of nitrogens with two attached hydrogens (primary N) is 1. The number of hydrogen-bond acceptors (Lipinski definition) is 6. The molecular weight excluding hydrogens is 272 g/mol. The number of carbonyl (C=O) groups excluding carboxylic acids is 1. The molecule has 0 spiro atoms. The summed E-state index contributed by atoms with van der Waals surface area (Å²) in [6, 6.07) is 1.77. The van der Waals surface area contributed by atoms with E-state index in [-0.39, 0.29) is 17.3 Å². The van der Waals surface area contributed by atoms with Crippen molar-refractivity contribution in [1.82, 2.24) is 0 Å². The second kappa shape index (κ2) is 4.89. The number of sulfone groups is 1. The van der Waals surface area contributed by atoms with Gasteiger partial charge in [0.15, 0.2) is 15.6 Å². The lowest BCUT2D eigenvalue weighted by molar-refractivity contribution is 0.0993. The van der Waals surface area contributed by atoms with Crippen LogP contribution in [-0.2, 0) is 9.84 Å². The number of ketones is 1. The van der Waals surface area contributed by atoms with Crippen molar-refractivity contribution in [3.8, 4) is 0 Å². The Morgan fingerprint density at radius 1 is 1.44 bits per heavy atom. The van der Waals surface area contributed by atoms with Crippen molar-refractivity contribution >= 4 is 37.6 Å². The Balaban J connectivity index is 2.18. The van der Waals surface area contributed by atoms with Crippen LogP contribution in [0, 0.1) is 0 Å². The van der Waals surface area contributed by atoms with Crippen LogP contribution in [0.25, 0.3) is 0 Å². The highest BCUT2D eigenvalue weighted by Crippen LogP contribution is 2.33. The van der Waals surface area contributed by atoms with Gasteiger partial charge in [-0.05, 0) is 6.07 Å². The first-order valence-corrected chi connectivity index (χ1v) is 8.44. The Kier molecular flexibility index (Phi) is 3.63. The second-order valence-electron chi connectivity index (χ2n) is 4.28. The number of rotatable bonds is 3. The van der Waals surface area contributed by atoms with Gasteiger partial charge in [0.25, 0.3) is 0 Å². The fourth-order valence-corrected chi connectivity index (χ4v) is 4.20. The first kappa shape index (κ1) is 13.4. The molecule has 0 aromatic carbocycles. The molecule has 0 aliphatic carbocycles. The maximum Gasteiger partial charge on any atom is 0.174 e. The Morgan fingerprint density at radius 2 is 2.06 bits per heavy atom. The van der Waals surface area contributed by atoms with Crippen molar-refractivity contribution in [3.63, 3.8) is 0 Å². The van der Waals surface area contributed by atoms with Crippen LogP contribution in [0.2, 0.25) is 0 Å². The number of Topliss-reactive ketones (excluding diaryl/α,β-unsaturated/α-hetero) is 1. The maximum atomic E-state index is 11.6. The van der Waals surface area contributed by atoms with Gasteiger partial charge in [-0.25, -0.2) is 8.42 Å². The van der Waals surface area contributed by atoms with Gasteiger partial charge in [-0.3, -0.25) is 4.79 Å². The van der Waals surface area contributed by atoms with Gasteiger partial charge in [0.05, 0.1) is 27.1 Å². The molecule has 2 N–H and O–H groups in total. The zero-order chi connectivity index (χ0) is 13.3. The van der Waals surface area contributed by atoms with Crippen molar-refractivity contribution in [2.24, 2.45) is 0 Å². The molecule has 0 bridgehead atoms. The predicted octanol–water partition coefficient (Wildman–Crippen LogP) is 1.16. The molecule has 0 unspecified atom stereocenters. The number of anilines is 2. The Morgan fingerprint density at radius 3 is 2.61 bits per heavy atom. The van der Waals surface area contributed by atoms with Gasteiger partial charge in [0.2, 0.25) is 0 Å². The van der Waals surface area contributed by atoms with Gasteiger partial charge in [0.1, 0.15) is 0 Å². The summed E-state index contributed by atoms with van der Waals surface area (Å²) < 4.78 is 22.7. The molecular formula is C11H16N2O3S2. The molecule has 100 valence electrons. The number of thiophene rings is 1. The molecule has 5 nitrogen and oxygen atoms in total. The molecule has 0 amide bonds. The third-order valence-electron chi connectivity index (χ3n) is 2.98. The molecule has 2 heterocycles. The lowest BCUT2D eigenvalue weighted by Crippen LogP contribution is -2.39. The minimum Gasteiger partial charge on any atom is -0.397 e. The van der Waals surface area contributed by atoms with Crippen molar-refractivity contribution in [1.29, 1.82) is 0 Å². The number of hydrogen-bond donors (Lipinski definition) is 1. The van der Waals surface area contributed by atoms with E-state index in [4.69, 9.17) is 5.73 Å². The van der Waals surface area contributed by atoms with Crippen molar-refractivity contribution in [2.75, 3.05) is 35.2 Å². The molecule has 1 aromatic heterocycles. The van der Waals surface area contributed by atoms with Crippen LogP contribution in [0.3, 0.4) is 0 Å². The fourth-order valence-electron chi connectivity index (χ4n) is 1.86. The first-order valence-electron chi connectivity index (χ1n) is 5.81. The zero-order valence-electron chi connectivity index (χ0n) is 10.2. The molecule has 2 rings (SSSR count). The molecule has 0 radical (unpaired) electrons. The Bertz CT molecular complexity index is 549. The summed E-state index contributed by atoms with van der Waals surface area (Å²) in [5.74, 6) is 0.373. The highest BCUT2D eigenvalue weighted by Gasteiger charge is 2.24. The van der Waals surface area contributed by atoms with E-state index in [0.29, 0.717) is 30.1 Å². The Labute approximate surface area is 111 Å². The standard InChI is InChI=1S/C11H16N2O3S2/c1-2-9(14)11-8(12)7-10(17-11)13-3-5-18(15,16)6-4-13/h7H,2-6,12H2,1H3. The highest BCUT2D eigenvalue weighted by atomic mass is 32.2. The summed E-state index contributed by atoms with van der Waals surface area (Å²) in [6.07, 6.45) is 0.429. The lowest BCUT2D eigenvalue weighted by Gasteiger charge is -2.27. The number of carbonyl (C=O) groups is 1. The number of nitrogens with zero attached hydrogens (tertiary/aromatic N) is 1. The van der Waals surface area contributed by atoms with Crippen molar-refractivity contribution in [2.45, 2.75) is 13.3 Å². The molecule has 1 aliphatic rings. The van der Waals surface area contributed by atoms with Crippen molar-refractivity contribution < 1.29 is 13.2 Å². The smallest absolute Gasteiger partial charge is 0.174 e. The van der Waals surface area contributed by atoms with E-state index in [0.717, 1.165) is 5.00 Å². The van der Waals surface area contributed by atoms with Crippen LogP contribution in [0.4, 0.5) is 10.7 Å². The lowest BCUT2D eigenvalue weighted by atomic mass is 10.2. The van der Waals surface area contributed by atoms with E-state index < -0.39 is 9.84 Å². The van der Waals surface area contributed by atoms with Gasteiger partial charge >= 0.3 is 0 Å². The second-order valence-corrected chi connectivity index (χ2v) is 7.62. The molecule has 7 heteroatoms. The highest BCUT2D eigenvalue weighted by molar-refractivity contribution is 7.91. The maximum absolute atomic E-state index is 11.6. The van der Waals surface area contributed by atoms with E-state index >= 15 is 0 Å². The predicted molar refractivity (Wildman–Crippen MR) is 74.2 cm³/mol. The van der Waals surface area contributed by atoms with Crippen LogP contribution in [0.5, 0.6) is 0 Å². The average molecular weight is 288 g/mol. The summed E-state index contributed by atoms with van der Waals surface area (Å²) >= 11 is 1.36. The van der Waals surface area contributed by atoms with Gasteiger partial charge in [-0.15, -0.1) is 11.3 Å². The molecule has 1 saturated heterocycles. The van der Waals surface area contributed by atoms with Crippen LogP contribution < -0.4 is 10.6 Å².